The first-order chi connectivity index (χ1) is 12.9. The number of imidazole rings is 1. The van der Waals surface area contributed by atoms with Crippen molar-refractivity contribution in [3.8, 4) is 11.4 Å². The van der Waals surface area contributed by atoms with Crippen molar-refractivity contribution in [2.75, 3.05) is 13.1 Å². The molecule has 1 aliphatic rings. The largest absolute Gasteiger partial charge is 0.339 e. The van der Waals surface area contributed by atoms with Crippen molar-refractivity contribution in [2.24, 2.45) is 7.05 Å². The van der Waals surface area contributed by atoms with Crippen molar-refractivity contribution in [2.45, 2.75) is 23.5 Å². The van der Waals surface area contributed by atoms with Crippen LogP contribution in [0.5, 0.6) is 0 Å². The van der Waals surface area contributed by atoms with Gasteiger partial charge in [0.05, 0.1) is 12.9 Å². The number of hydrogen-bond donors (Lipinski definition) is 0. The van der Waals surface area contributed by atoms with E-state index in [4.69, 9.17) is 4.52 Å². The number of halogens is 1. The lowest BCUT2D eigenvalue weighted by atomic mass is 9.96. The quantitative estimate of drug-likeness (QED) is 0.662. The fourth-order valence-electron chi connectivity index (χ4n) is 3.03. The summed E-state index contributed by atoms with van der Waals surface area (Å²) in [6, 6.07) is 3.36. The Bertz CT molecular complexity index is 1050. The molecule has 142 valence electrons. The molecule has 4 heterocycles. The molecule has 0 amide bonds. The third-order valence-corrected chi connectivity index (χ3v) is 6.17. The van der Waals surface area contributed by atoms with E-state index in [0.717, 1.165) is 4.31 Å². The van der Waals surface area contributed by atoms with Crippen LogP contribution in [0.15, 0.2) is 46.6 Å². The van der Waals surface area contributed by atoms with Crippen molar-refractivity contribution in [1.29, 1.82) is 0 Å². The molecule has 4 rings (SSSR count). The van der Waals surface area contributed by atoms with Crippen LogP contribution in [0, 0.1) is 0 Å². The summed E-state index contributed by atoms with van der Waals surface area (Å²) in [7, 11) is -2.23. The monoisotopic (exact) mass is 392 g/mol. The third-order valence-electron chi connectivity index (χ3n) is 4.44. The van der Waals surface area contributed by atoms with Gasteiger partial charge in [-0.2, -0.15) is 9.29 Å². The summed E-state index contributed by atoms with van der Waals surface area (Å²) >= 11 is 0. The molecule has 0 aromatic carbocycles. The van der Waals surface area contributed by atoms with Crippen LogP contribution in [0.3, 0.4) is 0 Å². The Balaban J connectivity index is 1.61. The predicted octanol–water partition coefficient (Wildman–Crippen LogP) is 1.51. The van der Waals surface area contributed by atoms with Gasteiger partial charge in [0, 0.05) is 37.7 Å². The maximum atomic E-state index is 15.6. The molecule has 1 fully saturated rings. The Morgan fingerprint density at radius 2 is 2.07 bits per heavy atom. The highest BCUT2D eigenvalue weighted by Crippen LogP contribution is 2.37. The van der Waals surface area contributed by atoms with E-state index in [1.807, 2.05) is 0 Å². The number of rotatable bonds is 4. The molecule has 1 atom stereocenters. The van der Waals surface area contributed by atoms with Gasteiger partial charge in [-0.05, 0) is 25.0 Å². The molecule has 27 heavy (non-hydrogen) atoms. The van der Waals surface area contributed by atoms with Gasteiger partial charge in [-0.3, -0.25) is 4.98 Å². The van der Waals surface area contributed by atoms with Gasteiger partial charge in [0.1, 0.15) is 0 Å². The van der Waals surface area contributed by atoms with E-state index in [9.17, 15) is 8.42 Å². The summed E-state index contributed by atoms with van der Waals surface area (Å²) in [5, 5.41) is 3.70. The van der Waals surface area contributed by atoms with Gasteiger partial charge in [0.2, 0.25) is 11.5 Å². The summed E-state index contributed by atoms with van der Waals surface area (Å²) in [6.45, 7) is -0.195. The average molecular weight is 392 g/mol. The zero-order valence-electron chi connectivity index (χ0n) is 14.5. The fourth-order valence-corrected chi connectivity index (χ4v) is 4.52. The van der Waals surface area contributed by atoms with E-state index < -0.39 is 22.2 Å². The van der Waals surface area contributed by atoms with Crippen LogP contribution in [-0.4, -0.2) is 50.5 Å². The molecule has 1 unspecified atom stereocenters. The molecule has 0 saturated carbocycles. The number of aryl methyl sites for hydroxylation is 1. The summed E-state index contributed by atoms with van der Waals surface area (Å²) in [4.78, 5) is 11.9. The molecule has 3 aromatic heterocycles. The highest BCUT2D eigenvalue weighted by atomic mass is 32.2. The SMILES string of the molecule is Cn1cnc(S(=O)(=O)N2CCCC(F)(c3nc(-c4ccncc4)no3)C2)c1. The van der Waals surface area contributed by atoms with E-state index >= 15 is 4.39 Å². The predicted molar refractivity (Wildman–Crippen MR) is 91.5 cm³/mol. The summed E-state index contributed by atoms with van der Waals surface area (Å²) in [5.74, 6) is 0.00404. The van der Waals surface area contributed by atoms with Crippen molar-refractivity contribution in [3.63, 3.8) is 0 Å². The van der Waals surface area contributed by atoms with Gasteiger partial charge in [-0.25, -0.2) is 17.8 Å². The highest BCUT2D eigenvalue weighted by Gasteiger charge is 2.46. The molecule has 0 spiro atoms. The van der Waals surface area contributed by atoms with Crippen molar-refractivity contribution >= 4 is 10.0 Å². The maximum absolute atomic E-state index is 15.6. The number of sulfonamides is 1. The topological polar surface area (TPSA) is 107 Å². The van der Waals surface area contributed by atoms with Crippen LogP contribution < -0.4 is 0 Å². The van der Waals surface area contributed by atoms with Gasteiger partial charge in [-0.1, -0.05) is 5.16 Å². The number of piperidine rings is 1. The maximum Gasteiger partial charge on any atom is 0.266 e. The number of aromatic nitrogens is 5. The second kappa shape index (κ2) is 6.50. The Labute approximate surface area is 154 Å². The first-order valence-corrected chi connectivity index (χ1v) is 9.74. The second-order valence-corrected chi connectivity index (χ2v) is 8.33. The molecule has 0 bridgehead atoms. The van der Waals surface area contributed by atoms with E-state index in [0.29, 0.717) is 12.0 Å². The lowest BCUT2D eigenvalue weighted by Gasteiger charge is -2.33. The van der Waals surface area contributed by atoms with Gasteiger partial charge < -0.3 is 9.09 Å². The zero-order chi connectivity index (χ0) is 19.1. The lowest BCUT2D eigenvalue weighted by Crippen LogP contribution is -2.46. The number of nitrogens with zero attached hydrogens (tertiary/aromatic N) is 6. The molecule has 1 saturated heterocycles. The smallest absolute Gasteiger partial charge is 0.266 e. The summed E-state index contributed by atoms with van der Waals surface area (Å²) in [5.41, 5.74) is -1.42. The van der Waals surface area contributed by atoms with Crippen LogP contribution in [0.4, 0.5) is 4.39 Å². The van der Waals surface area contributed by atoms with Gasteiger partial charge in [0.25, 0.3) is 15.9 Å². The molecule has 9 nitrogen and oxygen atoms in total. The van der Waals surface area contributed by atoms with Gasteiger partial charge in [0.15, 0.2) is 5.03 Å². The number of alkyl halides is 1. The highest BCUT2D eigenvalue weighted by molar-refractivity contribution is 7.89. The van der Waals surface area contributed by atoms with Crippen LogP contribution in [0.2, 0.25) is 0 Å². The lowest BCUT2D eigenvalue weighted by molar-refractivity contribution is 0.0469. The number of pyridine rings is 1. The normalized spacial score (nSPS) is 21.4. The van der Waals surface area contributed by atoms with Crippen LogP contribution in [0.1, 0.15) is 18.7 Å². The first kappa shape index (κ1) is 17.7. The molecule has 1 aliphatic heterocycles. The molecule has 0 aliphatic carbocycles. The fraction of sp³-hybridized carbons (Fsp3) is 0.375. The summed E-state index contributed by atoms with van der Waals surface area (Å²) in [6.07, 6.45) is 6.34. The zero-order valence-corrected chi connectivity index (χ0v) is 15.3. The Kier molecular flexibility index (Phi) is 4.27. The Morgan fingerprint density at radius 3 is 2.78 bits per heavy atom. The minimum absolute atomic E-state index is 0.0964. The minimum Gasteiger partial charge on any atom is -0.339 e. The standard InChI is InChI=1S/C16H17FN6O3S/c1-22-9-13(19-11-22)27(24,25)23-8-2-5-16(17,10-23)15-20-14(21-26-15)12-3-6-18-7-4-12/h3-4,6-7,9,11H,2,5,8,10H2,1H3. The Morgan fingerprint density at radius 1 is 1.30 bits per heavy atom. The van der Waals surface area contributed by atoms with Crippen molar-refractivity contribution < 1.29 is 17.3 Å². The molecule has 0 N–H and O–H groups in total. The van der Waals surface area contributed by atoms with Crippen molar-refractivity contribution in [3.05, 3.63) is 42.9 Å². The van der Waals surface area contributed by atoms with E-state index in [1.165, 1.54) is 17.1 Å². The average Bonchev–Trinajstić information content (AvgIpc) is 3.32. The summed E-state index contributed by atoms with van der Waals surface area (Å²) < 4.78 is 48.8. The molecule has 11 heteroatoms. The molecular weight excluding hydrogens is 375 g/mol. The van der Waals surface area contributed by atoms with Gasteiger partial charge >= 0.3 is 0 Å². The van der Waals surface area contributed by atoms with Crippen LogP contribution >= 0.6 is 0 Å². The molecule has 3 aromatic rings. The van der Waals surface area contributed by atoms with Crippen LogP contribution in [-0.2, 0) is 22.7 Å². The second-order valence-electron chi connectivity index (χ2n) is 6.44. The van der Waals surface area contributed by atoms with Crippen LogP contribution in [0.25, 0.3) is 11.4 Å². The van der Waals surface area contributed by atoms with Gasteiger partial charge in [-0.15, -0.1) is 0 Å². The van der Waals surface area contributed by atoms with E-state index in [2.05, 4.69) is 20.1 Å². The van der Waals surface area contributed by atoms with E-state index in [-0.39, 0.29) is 29.7 Å². The Hall–Kier alpha value is -2.66. The van der Waals surface area contributed by atoms with Crippen molar-refractivity contribution in [1.82, 2.24) is 29.0 Å². The van der Waals surface area contributed by atoms with E-state index in [1.54, 1.807) is 31.6 Å². The third kappa shape index (κ3) is 3.23. The molecule has 0 radical (unpaired) electrons. The number of hydrogen-bond acceptors (Lipinski definition) is 7. The minimum atomic E-state index is -3.90. The first-order valence-electron chi connectivity index (χ1n) is 8.30. The molecular formula is C16H17FN6O3S.